The molecule has 0 saturated carbocycles. The largest absolute Gasteiger partial charge is 0.493 e. The van der Waals surface area contributed by atoms with E-state index in [0.29, 0.717) is 14.3 Å². The molecule has 43 heavy (non-hydrogen) atoms. The van der Waals surface area contributed by atoms with Crippen molar-refractivity contribution >= 4 is 66.2 Å². The minimum absolute atomic E-state index is 0.0137. The lowest BCUT2D eigenvalue weighted by Gasteiger charge is -2.14. The number of hydrogen-bond acceptors (Lipinski definition) is 10. The van der Waals surface area contributed by atoms with Crippen LogP contribution >= 0.6 is 22.7 Å². The highest BCUT2D eigenvalue weighted by atomic mass is 32.1. The number of aliphatic carboxylic acids is 1. The van der Waals surface area contributed by atoms with Gasteiger partial charge in [-0.05, 0) is 19.1 Å². The summed E-state index contributed by atoms with van der Waals surface area (Å²) < 4.78 is 53.7. The van der Waals surface area contributed by atoms with Crippen LogP contribution in [0.2, 0.25) is 0 Å². The van der Waals surface area contributed by atoms with Crippen LogP contribution in [0.5, 0.6) is 23.0 Å². The number of rotatable bonds is 16. The first kappa shape index (κ1) is 31.8. The maximum Gasteiger partial charge on any atom is 0.303 e. The van der Waals surface area contributed by atoms with Crippen molar-refractivity contribution < 1.29 is 52.0 Å². The second-order valence-corrected chi connectivity index (χ2v) is 11.6. The Balaban J connectivity index is 1.43. The fourth-order valence-corrected chi connectivity index (χ4v) is 6.32. The SMILES string of the molecule is COc1cc2sc(C(=O)CCC(C)=O)cc2c(F)c1OCCCOc1c(OC)cc2sc(C(=O)CCC(=O)O)cc2c1F. The van der Waals surface area contributed by atoms with Crippen molar-refractivity contribution in [3.8, 4) is 23.0 Å². The maximum atomic E-state index is 15.4. The normalized spacial score (nSPS) is 11.1. The summed E-state index contributed by atoms with van der Waals surface area (Å²) in [6.45, 7) is 1.37. The highest BCUT2D eigenvalue weighted by Gasteiger charge is 2.22. The first-order valence-electron chi connectivity index (χ1n) is 13.2. The highest BCUT2D eigenvalue weighted by Crippen LogP contribution is 2.42. The van der Waals surface area contributed by atoms with Gasteiger partial charge in [-0.15, -0.1) is 22.7 Å². The summed E-state index contributed by atoms with van der Waals surface area (Å²) in [5.41, 5.74) is 0. The molecule has 13 heteroatoms. The fourth-order valence-electron chi connectivity index (χ4n) is 4.21. The standard InChI is InChI=1S/C30H28F2O9S2/c1-15(33)5-6-18(34)24-11-16-22(42-24)13-20(38-2)29(27(16)31)40-9-4-10-41-30-21(39-3)14-23-17(28(30)32)12-25(43-23)19(35)7-8-26(36)37/h11-14H,4-10H2,1-3H3,(H,36,37). The van der Waals surface area contributed by atoms with Gasteiger partial charge in [-0.2, -0.15) is 0 Å². The summed E-state index contributed by atoms with van der Waals surface area (Å²) in [4.78, 5) is 47.3. The quantitative estimate of drug-likeness (QED) is 0.104. The molecule has 0 saturated heterocycles. The topological polar surface area (TPSA) is 125 Å². The second-order valence-electron chi connectivity index (χ2n) is 9.48. The van der Waals surface area contributed by atoms with Crippen molar-refractivity contribution in [2.24, 2.45) is 0 Å². The zero-order chi connectivity index (χ0) is 31.3. The third-order valence-electron chi connectivity index (χ3n) is 6.41. The third-order valence-corrected chi connectivity index (χ3v) is 8.65. The fraction of sp³-hybridized carbons (Fsp3) is 0.333. The molecular weight excluding hydrogens is 606 g/mol. The van der Waals surface area contributed by atoms with Crippen LogP contribution in [0.4, 0.5) is 8.78 Å². The summed E-state index contributed by atoms with van der Waals surface area (Å²) in [5, 5.41) is 9.16. The number of halogens is 2. The van der Waals surface area contributed by atoms with E-state index in [0.717, 1.165) is 22.7 Å². The van der Waals surface area contributed by atoms with E-state index in [2.05, 4.69) is 0 Å². The Kier molecular flexibility index (Phi) is 10.3. The van der Waals surface area contributed by atoms with Crippen molar-refractivity contribution in [3.63, 3.8) is 0 Å². The molecule has 0 bridgehead atoms. The summed E-state index contributed by atoms with van der Waals surface area (Å²) >= 11 is 2.14. The number of ketones is 3. The molecule has 0 atom stereocenters. The molecule has 2 heterocycles. The number of hydrogen-bond donors (Lipinski definition) is 1. The van der Waals surface area contributed by atoms with E-state index in [1.807, 2.05) is 0 Å². The molecule has 2 aromatic heterocycles. The number of ether oxygens (including phenoxy) is 4. The molecule has 0 aliphatic carbocycles. The van der Waals surface area contributed by atoms with Crippen molar-refractivity contribution in [1.29, 1.82) is 0 Å². The number of fused-ring (bicyclic) bond motifs is 2. The highest BCUT2D eigenvalue weighted by molar-refractivity contribution is 7.21. The van der Waals surface area contributed by atoms with Gasteiger partial charge in [0.2, 0.25) is 0 Å². The first-order valence-corrected chi connectivity index (χ1v) is 14.8. The summed E-state index contributed by atoms with van der Waals surface area (Å²) in [7, 11) is 2.71. The minimum Gasteiger partial charge on any atom is -0.493 e. The molecule has 0 spiro atoms. The van der Waals surface area contributed by atoms with Crippen LogP contribution in [0, 0.1) is 11.6 Å². The van der Waals surface area contributed by atoms with Gasteiger partial charge in [0, 0.05) is 58.0 Å². The molecule has 228 valence electrons. The van der Waals surface area contributed by atoms with Crippen molar-refractivity contribution in [2.45, 2.75) is 39.0 Å². The molecule has 0 fully saturated rings. The van der Waals surface area contributed by atoms with Crippen LogP contribution < -0.4 is 18.9 Å². The van der Waals surface area contributed by atoms with Crippen molar-refractivity contribution in [3.05, 3.63) is 45.7 Å². The number of carboxylic acid groups (broad SMARTS) is 1. The summed E-state index contributed by atoms with van der Waals surface area (Å²) in [6, 6.07) is 5.92. The van der Waals surface area contributed by atoms with E-state index in [1.54, 1.807) is 12.1 Å². The van der Waals surface area contributed by atoms with E-state index in [9.17, 15) is 19.2 Å². The van der Waals surface area contributed by atoms with E-state index in [1.165, 1.54) is 33.3 Å². The van der Waals surface area contributed by atoms with Crippen LogP contribution in [-0.4, -0.2) is 55.9 Å². The molecule has 2 aromatic carbocycles. The Morgan fingerprint density at radius 1 is 0.721 bits per heavy atom. The number of carbonyl (C=O) groups is 4. The van der Waals surface area contributed by atoms with E-state index in [-0.39, 0.29) is 95.5 Å². The van der Waals surface area contributed by atoms with Gasteiger partial charge in [0.15, 0.2) is 46.2 Å². The molecule has 0 amide bonds. The third kappa shape index (κ3) is 7.28. The van der Waals surface area contributed by atoms with E-state index in [4.69, 9.17) is 24.1 Å². The van der Waals surface area contributed by atoms with Gasteiger partial charge in [-0.3, -0.25) is 14.4 Å². The van der Waals surface area contributed by atoms with E-state index < -0.39 is 23.4 Å². The monoisotopic (exact) mass is 634 g/mol. The molecule has 9 nitrogen and oxygen atoms in total. The molecule has 1 N–H and O–H groups in total. The summed E-state index contributed by atoms with van der Waals surface area (Å²) in [5.74, 6) is -3.33. The molecule has 0 unspecified atom stereocenters. The van der Waals surface area contributed by atoms with Crippen LogP contribution in [0.1, 0.15) is 58.4 Å². The molecule has 0 radical (unpaired) electrons. The molecule has 0 aliphatic heterocycles. The average molecular weight is 635 g/mol. The van der Waals surface area contributed by atoms with Gasteiger partial charge in [-0.1, -0.05) is 0 Å². The number of Topliss-reactive ketones (excluding diaryl/α,β-unsaturated/α-hetero) is 3. The van der Waals surface area contributed by atoms with Crippen LogP contribution in [-0.2, 0) is 9.59 Å². The number of thiophene rings is 2. The molecular formula is C30H28F2O9S2. The van der Waals surface area contributed by atoms with Gasteiger partial charge >= 0.3 is 5.97 Å². The zero-order valence-corrected chi connectivity index (χ0v) is 25.2. The van der Waals surface area contributed by atoms with Crippen molar-refractivity contribution in [1.82, 2.24) is 0 Å². The zero-order valence-electron chi connectivity index (χ0n) is 23.5. The average Bonchev–Trinajstić information content (AvgIpc) is 3.61. The number of carboxylic acids is 1. The Morgan fingerprint density at radius 2 is 1.16 bits per heavy atom. The Morgan fingerprint density at radius 3 is 1.56 bits per heavy atom. The number of carbonyl (C=O) groups excluding carboxylic acids is 3. The van der Waals surface area contributed by atoms with Gasteiger partial charge in [0.25, 0.3) is 0 Å². The molecule has 0 aliphatic rings. The van der Waals surface area contributed by atoms with Gasteiger partial charge < -0.3 is 28.8 Å². The molecule has 4 rings (SSSR count). The van der Waals surface area contributed by atoms with E-state index >= 15 is 8.78 Å². The first-order chi connectivity index (χ1) is 20.5. The lowest BCUT2D eigenvalue weighted by Crippen LogP contribution is -2.08. The maximum absolute atomic E-state index is 15.4. The van der Waals surface area contributed by atoms with Crippen molar-refractivity contribution in [2.75, 3.05) is 27.4 Å². The lowest BCUT2D eigenvalue weighted by molar-refractivity contribution is -0.137. The smallest absolute Gasteiger partial charge is 0.303 e. The molecule has 4 aromatic rings. The van der Waals surface area contributed by atoms with Gasteiger partial charge in [0.05, 0.1) is 43.6 Å². The number of benzene rings is 2. The second kappa shape index (κ2) is 13.9. The minimum atomic E-state index is -1.10. The lowest BCUT2D eigenvalue weighted by atomic mass is 10.1. The predicted octanol–water partition coefficient (Wildman–Crippen LogP) is 6.86. The van der Waals surface area contributed by atoms with Crippen LogP contribution in [0.3, 0.4) is 0 Å². The number of methoxy groups -OCH3 is 2. The summed E-state index contributed by atoms with van der Waals surface area (Å²) in [6.07, 6.45) is -0.143. The Hall–Kier alpha value is -4.10. The van der Waals surface area contributed by atoms with Gasteiger partial charge in [-0.25, -0.2) is 8.78 Å². The van der Waals surface area contributed by atoms with Gasteiger partial charge in [0.1, 0.15) is 5.78 Å². The Labute approximate surface area is 252 Å². The Bertz CT molecular complexity index is 1580. The van der Waals surface area contributed by atoms with Crippen LogP contribution in [0.15, 0.2) is 24.3 Å². The predicted molar refractivity (Wildman–Crippen MR) is 158 cm³/mol. The van der Waals surface area contributed by atoms with Crippen LogP contribution in [0.25, 0.3) is 20.2 Å².